The van der Waals surface area contributed by atoms with Crippen LogP contribution in [0.25, 0.3) is 0 Å². The summed E-state index contributed by atoms with van der Waals surface area (Å²) in [7, 11) is 0. The van der Waals surface area contributed by atoms with E-state index >= 15 is 0 Å². The van der Waals surface area contributed by atoms with Gasteiger partial charge in [-0.15, -0.1) is 0 Å². The van der Waals surface area contributed by atoms with Gasteiger partial charge in [0.2, 0.25) is 0 Å². The van der Waals surface area contributed by atoms with Crippen molar-refractivity contribution in [3.05, 3.63) is 23.9 Å². The highest BCUT2D eigenvalue weighted by molar-refractivity contribution is 5.30. The second-order valence-electron chi connectivity index (χ2n) is 4.17. The molecular weight excluding hydrogens is 204 g/mol. The van der Waals surface area contributed by atoms with E-state index in [1.807, 2.05) is 13.8 Å². The van der Waals surface area contributed by atoms with Gasteiger partial charge in [-0.1, -0.05) is 19.9 Å². The van der Waals surface area contributed by atoms with E-state index in [0.717, 1.165) is 0 Å². The van der Waals surface area contributed by atoms with Crippen molar-refractivity contribution in [2.45, 2.75) is 44.8 Å². The van der Waals surface area contributed by atoms with E-state index in [4.69, 9.17) is 5.73 Å². The van der Waals surface area contributed by atoms with Crippen LogP contribution >= 0.6 is 0 Å². The lowest BCUT2D eigenvalue weighted by molar-refractivity contribution is -0.0176. The highest BCUT2D eigenvalue weighted by Gasteiger charge is 2.26. The number of aliphatic hydroxyl groups is 2. The number of pyridine rings is 1. The van der Waals surface area contributed by atoms with Gasteiger partial charge in [-0.25, -0.2) is 4.98 Å². The Morgan fingerprint density at radius 2 is 2.00 bits per heavy atom. The van der Waals surface area contributed by atoms with Gasteiger partial charge in [-0.05, 0) is 24.5 Å². The second-order valence-corrected chi connectivity index (χ2v) is 4.17. The normalized spacial score (nSPS) is 13.8. The molecule has 0 saturated heterocycles. The maximum absolute atomic E-state index is 10.1. The molecule has 0 aromatic carbocycles. The lowest BCUT2D eigenvalue weighted by Gasteiger charge is -2.27. The molecule has 0 aliphatic rings. The van der Waals surface area contributed by atoms with E-state index < -0.39 is 11.7 Å². The smallest absolute Gasteiger partial charge is 0.123 e. The molecule has 1 aromatic heterocycles. The number of anilines is 1. The zero-order valence-electron chi connectivity index (χ0n) is 9.85. The van der Waals surface area contributed by atoms with Crippen LogP contribution in [0.15, 0.2) is 18.3 Å². The summed E-state index contributed by atoms with van der Waals surface area (Å²) in [6.07, 6.45) is 2.43. The fourth-order valence-electron chi connectivity index (χ4n) is 1.63. The monoisotopic (exact) mass is 224 g/mol. The van der Waals surface area contributed by atoms with Crippen LogP contribution < -0.4 is 5.73 Å². The summed E-state index contributed by atoms with van der Waals surface area (Å²) in [5.41, 5.74) is 5.35. The highest BCUT2D eigenvalue weighted by Crippen LogP contribution is 2.28. The third-order valence-corrected chi connectivity index (χ3v) is 3.08. The first-order valence-corrected chi connectivity index (χ1v) is 5.62. The summed E-state index contributed by atoms with van der Waals surface area (Å²) >= 11 is 0. The number of rotatable bonds is 5. The van der Waals surface area contributed by atoms with Crippen LogP contribution in [-0.2, 0) is 0 Å². The molecule has 0 aliphatic carbocycles. The molecule has 4 nitrogen and oxygen atoms in total. The average molecular weight is 224 g/mol. The first-order chi connectivity index (χ1) is 7.50. The van der Waals surface area contributed by atoms with Crippen molar-refractivity contribution in [3.63, 3.8) is 0 Å². The molecule has 4 N–H and O–H groups in total. The predicted molar refractivity (Wildman–Crippen MR) is 63.8 cm³/mol. The molecule has 0 fully saturated rings. The number of hydrogen-bond donors (Lipinski definition) is 3. The zero-order valence-corrected chi connectivity index (χ0v) is 9.85. The number of aliphatic hydroxyl groups excluding tert-OH is 1. The third-order valence-electron chi connectivity index (χ3n) is 3.08. The minimum absolute atomic E-state index is 0.325. The number of hydrogen-bond acceptors (Lipinski definition) is 4. The van der Waals surface area contributed by atoms with Gasteiger partial charge in [-0.3, -0.25) is 0 Å². The van der Waals surface area contributed by atoms with E-state index in [1.54, 1.807) is 18.3 Å². The lowest BCUT2D eigenvalue weighted by Crippen LogP contribution is -2.29. The second kappa shape index (κ2) is 5.27. The summed E-state index contributed by atoms with van der Waals surface area (Å²) in [5, 5.41) is 20.1. The predicted octanol–water partition coefficient (Wildman–Crippen LogP) is 1.64. The molecule has 90 valence electrons. The zero-order chi connectivity index (χ0) is 12.2. The number of aromatic nitrogens is 1. The standard InChI is InChI=1S/C12H20N2O2/c1-3-12(16,4-2)7-10(15)9-5-6-11(13)14-8-9/h5-6,8,10,15-16H,3-4,7H2,1-2H3,(H2,13,14). The van der Waals surface area contributed by atoms with Crippen molar-refractivity contribution < 1.29 is 10.2 Å². The molecule has 1 rings (SSSR count). The van der Waals surface area contributed by atoms with Crippen LogP contribution in [0.2, 0.25) is 0 Å². The van der Waals surface area contributed by atoms with Crippen LogP contribution in [0.4, 0.5) is 5.82 Å². The van der Waals surface area contributed by atoms with Gasteiger partial charge in [0.1, 0.15) is 5.82 Å². The van der Waals surface area contributed by atoms with Gasteiger partial charge in [0.05, 0.1) is 11.7 Å². The molecule has 0 amide bonds. The molecule has 0 bridgehead atoms. The largest absolute Gasteiger partial charge is 0.390 e. The fourth-order valence-corrected chi connectivity index (χ4v) is 1.63. The van der Waals surface area contributed by atoms with Crippen molar-refractivity contribution in [1.82, 2.24) is 4.98 Å². The molecule has 1 aromatic rings. The van der Waals surface area contributed by atoms with Gasteiger partial charge in [0.25, 0.3) is 0 Å². The maximum Gasteiger partial charge on any atom is 0.123 e. The molecular formula is C12H20N2O2. The lowest BCUT2D eigenvalue weighted by atomic mass is 9.89. The van der Waals surface area contributed by atoms with Crippen LogP contribution in [0.1, 0.15) is 44.8 Å². The Labute approximate surface area is 96.1 Å². The molecule has 16 heavy (non-hydrogen) atoms. The van der Waals surface area contributed by atoms with E-state index in [9.17, 15) is 10.2 Å². The molecule has 1 atom stereocenters. The number of nitrogens with zero attached hydrogens (tertiary/aromatic N) is 1. The Balaban J connectivity index is 2.71. The van der Waals surface area contributed by atoms with Crippen molar-refractivity contribution in [2.24, 2.45) is 0 Å². The Morgan fingerprint density at radius 3 is 2.44 bits per heavy atom. The average Bonchev–Trinajstić information content (AvgIpc) is 2.29. The SMILES string of the molecule is CCC(O)(CC)CC(O)c1ccc(N)nc1. The van der Waals surface area contributed by atoms with E-state index in [1.165, 1.54) is 0 Å². The van der Waals surface area contributed by atoms with Gasteiger partial charge in [-0.2, -0.15) is 0 Å². The minimum atomic E-state index is -0.805. The van der Waals surface area contributed by atoms with Gasteiger partial charge < -0.3 is 15.9 Å². The van der Waals surface area contributed by atoms with E-state index in [0.29, 0.717) is 30.6 Å². The quantitative estimate of drug-likeness (QED) is 0.710. The van der Waals surface area contributed by atoms with Crippen molar-refractivity contribution in [3.8, 4) is 0 Å². The summed E-state index contributed by atoms with van der Waals surface area (Å²) in [6, 6.07) is 3.38. The Morgan fingerprint density at radius 1 is 1.38 bits per heavy atom. The Hall–Kier alpha value is -1.13. The fraction of sp³-hybridized carbons (Fsp3) is 0.583. The molecule has 1 heterocycles. The van der Waals surface area contributed by atoms with Crippen molar-refractivity contribution in [2.75, 3.05) is 5.73 Å². The Kier molecular flexibility index (Phi) is 4.26. The number of nitrogens with two attached hydrogens (primary N) is 1. The van der Waals surface area contributed by atoms with E-state index in [-0.39, 0.29) is 0 Å². The van der Waals surface area contributed by atoms with Crippen LogP contribution in [0.3, 0.4) is 0 Å². The molecule has 0 saturated carbocycles. The highest BCUT2D eigenvalue weighted by atomic mass is 16.3. The first kappa shape index (κ1) is 12.9. The summed E-state index contributed by atoms with van der Waals surface area (Å²) in [5.74, 6) is 0.428. The summed E-state index contributed by atoms with van der Waals surface area (Å²) < 4.78 is 0. The first-order valence-electron chi connectivity index (χ1n) is 5.62. The molecule has 0 spiro atoms. The van der Waals surface area contributed by atoms with Gasteiger partial charge in [0, 0.05) is 12.6 Å². The van der Waals surface area contributed by atoms with Crippen molar-refractivity contribution >= 4 is 5.82 Å². The Bertz CT molecular complexity index is 320. The molecule has 4 heteroatoms. The topological polar surface area (TPSA) is 79.4 Å². The summed E-state index contributed by atoms with van der Waals surface area (Å²) in [4.78, 5) is 3.92. The van der Waals surface area contributed by atoms with Crippen LogP contribution in [0, 0.1) is 0 Å². The van der Waals surface area contributed by atoms with E-state index in [2.05, 4.69) is 4.98 Å². The number of nitrogen functional groups attached to an aromatic ring is 1. The third kappa shape index (κ3) is 3.18. The molecule has 1 unspecified atom stereocenters. The summed E-state index contributed by atoms with van der Waals surface area (Å²) in [6.45, 7) is 3.83. The van der Waals surface area contributed by atoms with Crippen LogP contribution in [0.5, 0.6) is 0 Å². The minimum Gasteiger partial charge on any atom is -0.390 e. The van der Waals surface area contributed by atoms with Gasteiger partial charge >= 0.3 is 0 Å². The molecule has 0 radical (unpaired) electrons. The van der Waals surface area contributed by atoms with Gasteiger partial charge in [0.15, 0.2) is 0 Å². The van der Waals surface area contributed by atoms with Crippen molar-refractivity contribution in [1.29, 1.82) is 0 Å². The molecule has 0 aliphatic heterocycles. The maximum atomic E-state index is 10.1. The van der Waals surface area contributed by atoms with Crippen LogP contribution in [-0.4, -0.2) is 20.8 Å².